The lowest BCUT2D eigenvalue weighted by molar-refractivity contribution is 0.0847. The van der Waals surface area contributed by atoms with Crippen LogP contribution in [-0.4, -0.2) is 22.8 Å². The van der Waals surface area contributed by atoms with Crippen molar-refractivity contribution in [1.82, 2.24) is 9.55 Å². The first-order valence-electron chi connectivity index (χ1n) is 7.80. The van der Waals surface area contributed by atoms with E-state index in [1.54, 1.807) is 0 Å². The lowest BCUT2D eigenvalue weighted by atomic mass is 9.96. The zero-order chi connectivity index (χ0) is 14.7. The van der Waals surface area contributed by atoms with Gasteiger partial charge in [-0.05, 0) is 19.3 Å². The molecule has 0 amide bonds. The number of hydrogen-bond donors (Lipinski definition) is 1. The molecule has 0 spiro atoms. The summed E-state index contributed by atoms with van der Waals surface area (Å²) in [5, 5.41) is 0. The number of nitrogens with zero attached hydrogens (tertiary/aromatic N) is 2. The third-order valence-electron chi connectivity index (χ3n) is 4.12. The first-order valence-corrected chi connectivity index (χ1v) is 7.80. The van der Waals surface area contributed by atoms with Gasteiger partial charge in [-0.1, -0.05) is 37.3 Å². The third-order valence-corrected chi connectivity index (χ3v) is 4.12. The monoisotopic (exact) mass is 285 g/mol. The number of nitrogens with two attached hydrogens (primary N) is 1. The van der Waals surface area contributed by atoms with E-state index in [0.717, 1.165) is 61.9 Å². The first-order chi connectivity index (χ1) is 10.3. The van der Waals surface area contributed by atoms with Crippen molar-refractivity contribution < 1.29 is 4.74 Å². The molecule has 0 aliphatic carbocycles. The van der Waals surface area contributed by atoms with Gasteiger partial charge in [0.2, 0.25) is 0 Å². The van der Waals surface area contributed by atoms with Crippen LogP contribution >= 0.6 is 0 Å². The standard InChI is InChI=1S/C17H23N3O/c1-2-10-20-16(18)15(13-8-11-21-12-9-13)19-17(20)14-6-4-3-5-7-14/h3-7,13H,2,8-12,18H2,1H3. The van der Waals surface area contributed by atoms with Gasteiger partial charge in [0.05, 0.1) is 5.69 Å². The summed E-state index contributed by atoms with van der Waals surface area (Å²) < 4.78 is 7.62. The molecule has 1 aromatic heterocycles. The Morgan fingerprint density at radius 1 is 1.24 bits per heavy atom. The maximum atomic E-state index is 6.42. The van der Waals surface area contributed by atoms with Crippen LogP contribution in [0.1, 0.15) is 37.8 Å². The second-order valence-corrected chi connectivity index (χ2v) is 5.61. The molecule has 0 saturated carbocycles. The summed E-state index contributed by atoms with van der Waals surface area (Å²) in [5.74, 6) is 2.26. The van der Waals surface area contributed by atoms with Crippen molar-refractivity contribution in [3.8, 4) is 11.4 Å². The van der Waals surface area contributed by atoms with Gasteiger partial charge in [0, 0.05) is 31.2 Å². The van der Waals surface area contributed by atoms with E-state index in [2.05, 4.69) is 23.6 Å². The van der Waals surface area contributed by atoms with Crippen LogP contribution in [0.15, 0.2) is 30.3 Å². The van der Waals surface area contributed by atoms with Crippen molar-refractivity contribution in [3.05, 3.63) is 36.0 Å². The van der Waals surface area contributed by atoms with Crippen LogP contribution < -0.4 is 5.73 Å². The molecule has 0 radical (unpaired) electrons. The van der Waals surface area contributed by atoms with Gasteiger partial charge in [0.1, 0.15) is 11.6 Å². The Kier molecular flexibility index (Phi) is 4.25. The van der Waals surface area contributed by atoms with Gasteiger partial charge in [-0.3, -0.25) is 0 Å². The van der Waals surface area contributed by atoms with E-state index in [0.29, 0.717) is 5.92 Å². The predicted molar refractivity (Wildman–Crippen MR) is 85.2 cm³/mol. The zero-order valence-corrected chi connectivity index (χ0v) is 12.6. The highest BCUT2D eigenvalue weighted by Gasteiger charge is 2.24. The Bertz CT molecular complexity index is 586. The maximum absolute atomic E-state index is 6.42. The number of nitrogen functional groups attached to an aromatic ring is 1. The van der Waals surface area contributed by atoms with Crippen molar-refractivity contribution in [3.63, 3.8) is 0 Å². The van der Waals surface area contributed by atoms with Crippen molar-refractivity contribution in [2.75, 3.05) is 18.9 Å². The van der Waals surface area contributed by atoms with Crippen molar-refractivity contribution in [2.24, 2.45) is 0 Å². The van der Waals surface area contributed by atoms with E-state index in [-0.39, 0.29) is 0 Å². The maximum Gasteiger partial charge on any atom is 0.141 e. The largest absolute Gasteiger partial charge is 0.384 e. The summed E-state index contributed by atoms with van der Waals surface area (Å²) in [5.41, 5.74) is 8.61. The van der Waals surface area contributed by atoms with Crippen molar-refractivity contribution >= 4 is 5.82 Å². The fourth-order valence-electron chi connectivity index (χ4n) is 3.01. The highest BCUT2D eigenvalue weighted by molar-refractivity contribution is 5.61. The normalized spacial score (nSPS) is 16.2. The lowest BCUT2D eigenvalue weighted by Crippen LogP contribution is -2.16. The molecule has 1 aliphatic heterocycles. The van der Waals surface area contributed by atoms with Gasteiger partial charge in [0.15, 0.2) is 0 Å². The molecule has 1 aliphatic rings. The minimum Gasteiger partial charge on any atom is -0.384 e. The first kappa shape index (κ1) is 14.1. The topological polar surface area (TPSA) is 53.1 Å². The fourth-order valence-corrected chi connectivity index (χ4v) is 3.01. The highest BCUT2D eigenvalue weighted by Crippen LogP contribution is 2.34. The molecule has 0 unspecified atom stereocenters. The molecule has 1 fully saturated rings. The summed E-state index contributed by atoms with van der Waals surface area (Å²) in [6.07, 6.45) is 3.08. The molecule has 21 heavy (non-hydrogen) atoms. The molecule has 4 nitrogen and oxygen atoms in total. The fraction of sp³-hybridized carbons (Fsp3) is 0.471. The van der Waals surface area contributed by atoms with Crippen molar-refractivity contribution in [2.45, 2.75) is 38.6 Å². The van der Waals surface area contributed by atoms with Gasteiger partial charge in [0.25, 0.3) is 0 Å². The summed E-state index contributed by atoms with van der Waals surface area (Å²) >= 11 is 0. The highest BCUT2D eigenvalue weighted by atomic mass is 16.5. The molecule has 2 aromatic rings. The number of benzene rings is 1. The number of hydrogen-bond acceptors (Lipinski definition) is 3. The molecular formula is C17H23N3O. The van der Waals surface area contributed by atoms with Gasteiger partial charge >= 0.3 is 0 Å². The number of ether oxygens (including phenoxy) is 1. The van der Waals surface area contributed by atoms with E-state index < -0.39 is 0 Å². The van der Waals surface area contributed by atoms with E-state index in [9.17, 15) is 0 Å². The van der Waals surface area contributed by atoms with Gasteiger partial charge < -0.3 is 15.0 Å². The Hall–Kier alpha value is -1.81. The van der Waals surface area contributed by atoms with E-state index in [4.69, 9.17) is 15.5 Å². The molecule has 3 rings (SSSR count). The minimum absolute atomic E-state index is 0.430. The summed E-state index contributed by atoms with van der Waals surface area (Å²) in [4.78, 5) is 4.90. The van der Waals surface area contributed by atoms with Crippen LogP contribution in [0.4, 0.5) is 5.82 Å². The molecular weight excluding hydrogens is 262 g/mol. The average molecular weight is 285 g/mol. The molecule has 4 heteroatoms. The molecule has 0 atom stereocenters. The van der Waals surface area contributed by atoms with E-state index in [1.165, 1.54) is 0 Å². The average Bonchev–Trinajstić information content (AvgIpc) is 2.87. The number of rotatable bonds is 4. The molecule has 112 valence electrons. The van der Waals surface area contributed by atoms with Crippen LogP contribution in [0.3, 0.4) is 0 Å². The summed E-state index contributed by atoms with van der Waals surface area (Å²) in [6.45, 7) is 4.70. The number of imidazole rings is 1. The zero-order valence-electron chi connectivity index (χ0n) is 12.6. The smallest absolute Gasteiger partial charge is 0.141 e. The van der Waals surface area contributed by atoms with Crippen LogP contribution in [0.5, 0.6) is 0 Å². The van der Waals surface area contributed by atoms with Crippen molar-refractivity contribution in [1.29, 1.82) is 0 Å². The molecule has 2 N–H and O–H groups in total. The molecule has 1 saturated heterocycles. The Morgan fingerprint density at radius 2 is 1.95 bits per heavy atom. The van der Waals surface area contributed by atoms with Gasteiger partial charge in [-0.2, -0.15) is 0 Å². The van der Waals surface area contributed by atoms with Crippen LogP contribution in [0.2, 0.25) is 0 Å². The van der Waals surface area contributed by atoms with E-state index in [1.807, 2.05) is 18.2 Å². The number of aromatic nitrogens is 2. The van der Waals surface area contributed by atoms with E-state index >= 15 is 0 Å². The summed E-state index contributed by atoms with van der Waals surface area (Å²) in [6, 6.07) is 10.3. The second-order valence-electron chi connectivity index (χ2n) is 5.61. The molecule has 0 bridgehead atoms. The molecule has 2 heterocycles. The van der Waals surface area contributed by atoms with Crippen LogP contribution in [-0.2, 0) is 11.3 Å². The quantitative estimate of drug-likeness (QED) is 0.936. The summed E-state index contributed by atoms with van der Waals surface area (Å²) in [7, 11) is 0. The Morgan fingerprint density at radius 3 is 2.62 bits per heavy atom. The van der Waals surface area contributed by atoms with Gasteiger partial charge in [-0.15, -0.1) is 0 Å². The van der Waals surface area contributed by atoms with Crippen LogP contribution in [0.25, 0.3) is 11.4 Å². The molecule has 1 aromatic carbocycles. The third kappa shape index (κ3) is 2.81. The van der Waals surface area contributed by atoms with Crippen LogP contribution in [0, 0.1) is 0 Å². The Labute approximate surface area is 125 Å². The lowest BCUT2D eigenvalue weighted by Gasteiger charge is -2.20. The SMILES string of the molecule is CCCn1c(-c2ccccc2)nc(C2CCOCC2)c1N. The second kappa shape index (κ2) is 6.31. The number of anilines is 1. The Balaban J connectivity index is 2.02. The van der Waals surface area contributed by atoms with Gasteiger partial charge in [-0.25, -0.2) is 4.98 Å². The minimum atomic E-state index is 0.430. The predicted octanol–water partition coefficient (Wildman–Crippen LogP) is 3.44.